The van der Waals surface area contributed by atoms with Crippen LogP contribution >= 0.6 is 11.6 Å². The van der Waals surface area contributed by atoms with Crippen LogP contribution in [0.15, 0.2) is 47.4 Å². The van der Waals surface area contributed by atoms with Crippen molar-refractivity contribution in [3.8, 4) is 5.75 Å². The molecule has 1 aliphatic heterocycles. The average Bonchev–Trinajstić information content (AvgIpc) is 2.97. The summed E-state index contributed by atoms with van der Waals surface area (Å²) in [6.07, 6.45) is -0.184. The Morgan fingerprint density at radius 3 is 2.52 bits per heavy atom. The molecule has 154 valence electrons. The SMILES string of the molecule is CCOc1ccc(S(=O)(=O)NN[C@H]2CC(=O)N(c3cccc(Cl)c3C)C2=O)cc1. The Labute approximate surface area is 173 Å². The van der Waals surface area contributed by atoms with Crippen molar-refractivity contribution in [3.63, 3.8) is 0 Å². The van der Waals surface area contributed by atoms with Gasteiger partial charge in [-0.3, -0.25) is 9.59 Å². The molecular weight excluding hydrogens is 418 g/mol. The largest absolute Gasteiger partial charge is 0.494 e. The van der Waals surface area contributed by atoms with Crippen molar-refractivity contribution in [1.82, 2.24) is 10.3 Å². The van der Waals surface area contributed by atoms with Gasteiger partial charge >= 0.3 is 0 Å². The van der Waals surface area contributed by atoms with E-state index in [1.807, 2.05) is 6.92 Å². The maximum Gasteiger partial charge on any atom is 0.253 e. The second-order valence-electron chi connectivity index (χ2n) is 6.36. The van der Waals surface area contributed by atoms with E-state index in [1.54, 1.807) is 25.1 Å². The third-order valence-corrected chi connectivity index (χ3v) is 6.13. The summed E-state index contributed by atoms with van der Waals surface area (Å²) in [6.45, 7) is 3.99. The van der Waals surface area contributed by atoms with E-state index in [-0.39, 0.29) is 11.3 Å². The van der Waals surface area contributed by atoms with E-state index in [0.29, 0.717) is 28.6 Å². The van der Waals surface area contributed by atoms with E-state index in [4.69, 9.17) is 16.3 Å². The average molecular weight is 438 g/mol. The number of benzene rings is 2. The Kier molecular flexibility index (Phi) is 6.23. The van der Waals surface area contributed by atoms with Crippen molar-refractivity contribution in [2.24, 2.45) is 0 Å². The molecule has 0 unspecified atom stereocenters. The van der Waals surface area contributed by atoms with Crippen LogP contribution in [0.4, 0.5) is 5.69 Å². The molecule has 29 heavy (non-hydrogen) atoms. The summed E-state index contributed by atoms with van der Waals surface area (Å²) in [7, 11) is -3.94. The van der Waals surface area contributed by atoms with Crippen molar-refractivity contribution >= 4 is 39.1 Å². The second-order valence-corrected chi connectivity index (χ2v) is 8.45. The molecule has 0 bridgehead atoms. The zero-order chi connectivity index (χ0) is 21.2. The highest BCUT2D eigenvalue weighted by Gasteiger charge is 2.40. The molecule has 2 aromatic carbocycles. The number of halogens is 1. The fourth-order valence-electron chi connectivity index (χ4n) is 2.93. The molecule has 8 nitrogen and oxygen atoms in total. The molecule has 0 spiro atoms. The number of hydrogen-bond acceptors (Lipinski definition) is 6. The fourth-order valence-corrected chi connectivity index (χ4v) is 4.00. The molecule has 0 aliphatic carbocycles. The number of ether oxygens (including phenoxy) is 1. The van der Waals surface area contributed by atoms with Crippen molar-refractivity contribution in [2.45, 2.75) is 31.2 Å². The molecule has 3 rings (SSSR count). The van der Waals surface area contributed by atoms with Crippen molar-refractivity contribution < 1.29 is 22.7 Å². The summed E-state index contributed by atoms with van der Waals surface area (Å²) in [5, 5.41) is 0.427. The number of nitrogens with one attached hydrogen (secondary N) is 2. The van der Waals surface area contributed by atoms with E-state index in [9.17, 15) is 18.0 Å². The van der Waals surface area contributed by atoms with Gasteiger partial charge in [0.15, 0.2) is 0 Å². The normalized spacial score (nSPS) is 17.1. The smallest absolute Gasteiger partial charge is 0.253 e. The van der Waals surface area contributed by atoms with Crippen LogP contribution in [0.5, 0.6) is 5.75 Å². The Balaban J connectivity index is 1.72. The molecule has 2 N–H and O–H groups in total. The molecular formula is C19H20ClN3O5S. The third kappa shape index (κ3) is 4.43. The van der Waals surface area contributed by atoms with Crippen molar-refractivity contribution in [2.75, 3.05) is 11.5 Å². The monoisotopic (exact) mass is 437 g/mol. The Bertz CT molecular complexity index is 1040. The van der Waals surface area contributed by atoms with Crippen LogP contribution in [0.25, 0.3) is 0 Å². The summed E-state index contributed by atoms with van der Waals surface area (Å²) in [6, 6.07) is 9.73. The number of hydrogen-bond donors (Lipinski definition) is 2. The number of carbonyl (C=O) groups excluding carboxylic acids is 2. The van der Waals surface area contributed by atoms with Gasteiger partial charge in [-0.15, -0.1) is 4.83 Å². The van der Waals surface area contributed by atoms with Gasteiger partial charge in [0.05, 0.1) is 23.6 Å². The number of amides is 2. The van der Waals surface area contributed by atoms with Crippen LogP contribution in [0.3, 0.4) is 0 Å². The van der Waals surface area contributed by atoms with Crippen LogP contribution in [0.2, 0.25) is 5.02 Å². The summed E-state index contributed by atoms with van der Waals surface area (Å²) in [5.41, 5.74) is 3.43. The van der Waals surface area contributed by atoms with Crippen molar-refractivity contribution in [1.29, 1.82) is 0 Å². The van der Waals surface area contributed by atoms with Gasteiger partial charge in [-0.2, -0.15) is 0 Å². The lowest BCUT2D eigenvalue weighted by molar-refractivity contribution is -0.121. The van der Waals surface area contributed by atoms with E-state index in [2.05, 4.69) is 10.3 Å². The predicted octanol–water partition coefficient (Wildman–Crippen LogP) is 2.16. The first-order chi connectivity index (χ1) is 13.7. The summed E-state index contributed by atoms with van der Waals surface area (Å²) >= 11 is 6.08. The maximum absolute atomic E-state index is 12.7. The standard InChI is InChI=1S/C19H20ClN3O5S/c1-3-28-13-7-9-14(10-8-13)29(26,27)22-21-16-11-18(24)23(19(16)25)17-6-4-5-15(20)12(17)2/h4-10,16,21-22H,3,11H2,1-2H3/t16-/m0/s1. The molecule has 0 saturated carbocycles. The first kappa shape index (κ1) is 21.3. The third-order valence-electron chi connectivity index (χ3n) is 4.44. The van der Waals surface area contributed by atoms with E-state index in [1.165, 1.54) is 24.3 Å². The number of carbonyl (C=O) groups is 2. The summed E-state index contributed by atoms with van der Waals surface area (Å²) in [4.78, 5) is 28.3. The minimum absolute atomic E-state index is 0.00670. The van der Waals surface area contributed by atoms with Gasteiger partial charge in [0.1, 0.15) is 11.8 Å². The van der Waals surface area contributed by atoms with Crippen LogP contribution < -0.4 is 19.9 Å². The first-order valence-electron chi connectivity index (χ1n) is 8.86. The molecule has 1 aliphatic rings. The van der Waals surface area contributed by atoms with Gasteiger partial charge < -0.3 is 4.74 Å². The van der Waals surface area contributed by atoms with Crippen LogP contribution in [-0.4, -0.2) is 32.9 Å². The molecule has 0 radical (unpaired) electrons. The number of nitrogens with zero attached hydrogens (tertiary/aromatic N) is 1. The number of sulfonamides is 1. The van der Waals surface area contributed by atoms with Crippen molar-refractivity contribution in [3.05, 3.63) is 53.1 Å². The number of imide groups is 1. The Hall–Kier alpha value is -2.46. The minimum atomic E-state index is -3.94. The molecule has 10 heteroatoms. The van der Waals surface area contributed by atoms with Crippen LogP contribution in [0, 0.1) is 6.92 Å². The minimum Gasteiger partial charge on any atom is -0.494 e. The lowest BCUT2D eigenvalue weighted by Crippen LogP contribution is -2.48. The number of hydrazine groups is 1. The Morgan fingerprint density at radius 1 is 1.17 bits per heavy atom. The molecule has 1 fully saturated rings. The Morgan fingerprint density at radius 2 is 1.86 bits per heavy atom. The molecule has 2 amide bonds. The van der Waals surface area contributed by atoms with Crippen LogP contribution in [-0.2, 0) is 19.6 Å². The zero-order valence-corrected chi connectivity index (χ0v) is 17.4. The maximum atomic E-state index is 12.7. The van der Waals surface area contributed by atoms with Gasteiger partial charge in [-0.1, -0.05) is 17.7 Å². The predicted molar refractivity (Wildman–Crippen MR) is 108 cm³/mol. The molecule has 1 atom stereocenters. The number of anilines is 1. The van der Waals surface area contributed by atoms with Gasteiger partial charge in [-0.25, -0.2) is 18.7 Å². The number of rotatable bonds is 7. The van der Waals surface area contributed by atoms with E-state index >= 15 is 0 Å². The second kappa shape index (κ2) is 8.50. The van der Waals surface area contributed by atoms with E-state index in [0.717, 1.165) is 4.90 Å². The molecule has 1 heterocycles. The lowest BCUT2D eigenvalue weighted by Gasteiger charge is -2.18. The summed E-state index contributed by atoms with van der Waals surface area (Å²) in [5.74, 6) is -0.462. The highest BCUT2D eigenvalue weighted by molar-refractivity contribution is 7.89. The quantitative estimate of drug-likeness (QED) is 0.508. The summed E-state index contributed by atoms with van der Waals surface area (Å²) < 4.78 is 30.2. The lowest BCUT2D eigenvalue weighted by atomic mass is 10.2. The van der Waals surface area contributed by atoms with Gasteiger partial charge in [0.2, 0.25) is 5.91 Å². The topological polar surface area (TPSA) is 105 Å². The highest BCUT2D eigenvalue weighted by Crippen LogP contribution is 2.30. The zero-order valence-electron chi connectivity index (χ0n) is 15.8. The van der Waals surface area contributed by atoms with Gasteiger partial charge in [0.25, 0.3) is 15.9 Å². The van der Waals surface area contributed by atoms with Gasteiger partial charge in [0, 0.05) is 5.02 Å². The molecule has 2 aromatic rings. The van der Waals surface area contributed by atoms with E-state index < -0.39 is 27.9 Å². The first-order valence-corrected chi connectivity index (χ1v) is 10.7. The van der Waals surface area contributed by atoms with Crippen LogP contribution in [0.1, 0.15) is 18.9 Å². The van der Waals surface area contributed by atoms with Gasteiger partial charge in [-0.05, 0) is 55.8 Å². The fraction of sp³-hybridized carbons (Fsp3) is 0.263. The molecule has 1 saturated heterocycles. The molecule has 0 aromatic heterocycles. The highest BCUT2D eigenvalue weighted by atomic mass is 35.5.